The van der Waals surface area contributed by atoms with Crippen molar-refractivity contribution >= 4 is 0 Å². The van der Waals surface area contributed by atoms with Gasteiger partial charge in [-0.05, 0) is 50.1 Å². The Morgan fingerprint density at radius 1 is 1.22 bits per heavy atom. The molecule has 0 aliphatic heterocycles. The van der Waals surface area contributed by atoms with Crippen LogP contribution in [0, 0.1) is 13.8 Å². The van der Waals surface area contributed by atoms with Crippen molar-refractivity contribution in [2.45, 2.75) is 26.3 Å². The van der Waals surface area contributed by atoms with Gasteiger partial charge in [0.1, 0.15) is 0 Å². The first kappa shape index (κ1) is 12.8. The van der Waals surface area contributed by atoms with Crippen LogP contribution in [0.1, 0.15) is 28.3 Å². The standard InChI is InChI=1S/C16H20N2/c1-12-6-7-13(2)15(9-12)10-16(17-3)14-5-4-8-18-11-14/h4-9,11,16-17H,10H2,1-3H3. The number of rotatable bonds is 4. The van der Waals surface area contributed by atoms with E-state index in [1.54, 1.807) is 0 Å². The molecule has 2 heteroatoms. The summed E-state index contributed by atoms with van der Waals surface area (Å²) in [6.45, 7) is 4.31. The molecule has 1 N–H and O–H groups in total. The Hall–Kier alpha value is -1.67. The fraction of sp³-hybridized carbons (Fsp3) is 0.312. The summed E-state index contributed by atoms with van der Waals surface area (Å²) in [6, 6.07) is 11.1. The van der Waals surface area contributed by atoms with E-state index in [0.29, 0.717) is 6.04 Å². The summed E-state index contributed by atoms with van der Waals surface area (Å²) < 4.78 is 0. The van der Waals surface area contributed by atoms with E-state index in [2.05, 4.69) is 48.4 Å². The summed E-state index contributed by atoms with van der Waals surface area (Å²) in [5.41, 5.74) is 5.31. The molecule has 1 heterocycles. The van der Waals surface area contributed by atoms with Gasteiger partial charge in [-0.15, -0.1) is 0 Å². The lowest BCUT2D eigenvalue weighted by Crippen LogP contribution is -2.19. The highest BCUT2D eigenvalue weighted by atomic mass is 14.9. The number of pyridine rings is 1. The molecule has 1 aromatic heterocycles. The van der Waals surface area contributed by atoms with Gasteiger partial charge in [0, 0.05) is 18.4 Å². The van der Waals surface area contributed by atoms with Gasteiger partial charge in [-0.1, -0.05) is 29.8 Å². The van der Waals surface area contributed by atoms with Gasteiger partial charge in [0.25, 0.3) is 0 Å². The van der Waals surface area contributed by atoms with E-state index < -0.39 is 0 Å². The van der Waals surface area contributed by atoms with E-state index in [1.807, 2.05) is 25.5 Å². The summed E-state index contributed by atoms with van der Waals surface area (Å²) in [5.74, 6) is 0. The van der Waals surface area contributed by atoms with E-state index in [-0.39, 0.29) is 0 Å². The average Bonchev–Trinajstić information content (AvgIpc) is 2.41. The fourth-order valence-corrected chi connectivity index (χ4v) is 2.21. The third kappa shape index (κ3) is 2.96. The summed E-state index contributed by atoms with van der Waals surface area (Å²) in [4.78, 5) is 4.20. The third-order valence-corrected chi connectivity index (χ3v) is 3.36. The molecule has 1 aromatic carbocycles. The van der Waals surface area contributed by atoms with Gasteiger partial charge in [0.05, 0.1) is 0 Å². The molecule has 0 saturated heterocycles. The van der Waals surface area contributed by atoms with Crippen molar-refractivity contribution in [3.63, 3.8) is 0 Å². The molecule has 0 bridgehead atoms. The van der Waals surface area contributed by atoms with E-state index in [1.165, 1.54) is 22.3 Å². The highest BCUT2D eigenvalue weighted by molar-refractivity contribution is 5.32. The minimum atomic E-state index is 0.319. The third-order valence-electron chi connectivity index (χ3n) is 3.36. The number of aryl methyl sites for hydroxylation is 2. The van der Waals surface area contributed by atoms with Crippen LogP contribution in [0.3, 0.4) is 0 Å². The van der Waals surface area contributed by atoms with Crippen LogP contribution in [-0.4, -0.2) is 12.0 Å². The van der Waals surface area contributed by atoms with Crippen molar-refractivity contribution < 1.29 is 0 Å². The predicted molar refractivity (Wildman–Crippen MR) is 75.7 cm³/mol. The first-order chi connectivity index (χ1) is 8.70. The number of nitrogens with zero attached hydrogens (tertiary/aromatic N) is 1. The molecule has 0 saturated carbocycles. The molecule has 0 radical (unpaired) electrons. The van der Waals surface area contributed by atoms with E-state index in [4.69, 9.17) is 0 Å². The number of benzene rings is 1. The minimum Gasteiger partial charge on any atom is -0.313 e. The van der Waals surface area contributed by atoms with Crippen molar-refractivity contribution in [1.82, 2.24) is 10.3 Å². The predicted octanol–water partition coefficient (Wildman–Crippen LogP) is 3.20. The molecular weight excluding hydrogens is 220 g/mol. The summed E-state index contributed by atoms with van der Waals surface area (Å²) in [7, 11) is 2.00. The Bertz CT molecular complexity index is 506. The highest BCUT2D eigenvalue weighted by Gasteiger charge is 2.11. The largest absolute Gasteiger partial charge is 0.313 e. The first-order valence-electron chi connectivity index (χ1n) is 6.34. The maximum atomic E-state index is 4.20. The topological polar surface area (TPSA) is 24.9 Å². The van der Waals surface area contributed by atoms with Crippen molar-refractivity contribution in [3.05, 3.63) is 65.0 Å². The van der Waals surface area contributed by atoms with Gasteiger partial charge in [-0.2, -0.15) is 0 Å². The number of likely N-dealkylation sites (N-methyl/N-ethyl adjacent to an activating group) is 1. The fourth-order valence-electron chi connectivity index (χ4n) is 2.21. The minimum absolute atomic E-state index is 0.319. The maximum Gasteiger partial charge on any atom is 0.0373 e. The molecule has 1 atom stereocenters. The van der Waals surface area contributed by atoms with Crippen molar-refractivity contribution in [2.75, 3.05) is 7.05 Å². The molecule has 1 unspecified atom stereocenters. The van der Waals surface area contributed by atoms with Crippen LogP contribution in [0.2, 0.25) is 0 Å². The van der Waals surface area contributed by atoms with Crippen LogP contribution >= 0.6 is 0 Å². The molecule has 2 nitrogen and oxygen atoms in total. The SMILES string of the molecule is CNC(Cc1cc(C)ccc1C)c1cccnc1. The van der Waals surface area contributed by atoms with E-state index >= 15 is 0 Å². The molecule has 0 aliphatic rings. The summed E-state index contributed by atoms with van der Waals surface area (Å²) >= 11 is 0. The lowest BCUT2D eigenvalue weighted by Gasteiger charge is -2.18. The van der Waals surface area contributed by atoms with Gasteiger partial charge >= 0.3 is 0 Å². The Morgan fingerprint density at radius 3 is 2.72 bits per heavy atom. The average molecular weight is 240 g/mol. The Morgan fingerprint density at radius 2 is 2.06 bits per heavy atom. The molecule has 94 valence electrons. The van der Waals surface area contributed by atoms with Crippen LogP contribution in [-0.2, 0) is 6.42 Å². The highest BCUT2D eigenvalue weighted by Crippen LogP contribution is 2.20. The molecule has 18 heavy (non-hydrogen) atoms. The van der Waals surface area contributed by atoms with Crippen molar-refractivity contribution in [1.29, 1.82) is 0 Å². The van der Waals surface area contributed by atoms with Crippen molar-refractivity contribution in [2.24, 2.45) is 0 Å². The molecule has 0 spiro atoms. The van der Waals surface area contributed by atoms with Gasteiger partial charge in [-0.25, -0.2) is 0 Å². The van der Waals surface area contributed by atoms with E-state index in [0.717, 1.165) is 6.42 Å². The van der Waals surface area contributed by atoms with Crippen LogP contribution in [0.15, 0.2) is 42.7 Å². The van der Waals surface area contributed by atoms with E-state index in [9.17, 15) is 0 Å². The zero-order chi connectivity index (χ0) is 13.0. The van der Waals surface area contributed by atoms with Crippen LogP contribution in [0.5, 0.6) is 0 Å². The number of nitrogens with one attached hydrogen (secondary N) is 1. The van der Waals surface area contributed by atoms with Crippen LogP contribution < -0.4 is 5.32 Å². The van der Waals surface area contributed by atoms with Gasteiger partial charge < -0.3 is 5.32 Å². The molecule has 2 aromatic rings. The summed E-state index contributed by atoms with van der Waals surface area (Å²) in [6.07, 6.45) is 4.75. The second-order valence-corrected chi connectivity index (χ2v) is 4.76. The monoisotopic (exact) mass is 240 g/mol. The second-order valence-electron chi connectivity index (χ2n) is 4.76. The van der Waals surface area contributed by atoms with Gasteiger partial charge in [-0.3, -0.25) is 4.98 Å². The Balaban J connectivity index is 2.23. The number of aromatic nitrogens is 1. The Labute approximate surface area is 109 Å². The van der Waals surface area contributed by atoms with Gasteiger partial charge in [0.15, 0.2) is 0 Å². The Kier molecular flexibility index (Phi) is 4.11. The molecule has 2 rings (SSSR count). The molecule has 0 aliphatic carbocycles. The quantitative estimate of drug-likeness (QED) is 0.887. The zero-order valence-electron chi connectivity index (χ0n) is 11.3. The number of hydrogen-bond donors (Lipinski definition) is 1. The van der Waals surface area contributed by atoms with Crippen molar-refractivity contribution in [3.8, 4) is 0 Å². The maximum absolute atomic E-state index is 4.20. The second kappa shape index (κ2) is 5.78. The first-order valence-corrected chi connectivity index (χ1v) is 6.34. The zero-order valence-corrected chi connectivity index (χ0v) is 11.3. The van der Waals surface area contributed by atoms with Gasteiger partial charge in [0.2, 0.25) is 0 Å². The molecule has 0 fully saturated rings. The molecule has 0 amide bonds. The molecular formula is C16H20N2. The lowest BCUT2D eigenvalue weighted by molar-refractivity contribution is 0.588. The van der Waals surface area contributed by atoms with Crippen LogP contribution in [0.25, 0.3) is 0 Å². The normalized spacial score (nSPS) is 12.4. The van der Waals surface area contributed by atoms with Crippen LogP contribution in [0.4, 0.5) is 0 Å². The summed E-state index contributed by atoms with van der Waals surface area (Å²) in [5, 5.41) is 3.37. The lowest BCUT2D eigenvalue weighted by atomic mass is 9.96. The smallest absolute Gasteiger partial charge is 0.0373 e. The number of hydrogen-bond acceptors (Lipinski definition) is 2.